The molecule has 0 unspecified atom stereocenters. The van der Waals surface area contributed by atoms with Gasteiger partial charge in [-0.25, -0.2) is 0 Å². The van der Waals surface area contributed by atoms with Crippen molar-refractivity contribution in [2.45, 2.75) is 52.2 Å². The summed E-state index contributed by atoms with van der Waals surface area (Å²) < 4.78 is 5.44. The summed E-state index contributed by atoms with van der Waals surface area (Å²) in [4.78, 5) is 12.3. The van der Waals surface area contributed by atoms with Gasteiger partial charge >= 0.3 is 6.01 Å². The summed E-state index contributed by atoms with van der Waals surface area (Å²) in [6.07, 6.45) is 2.50. The Hall–Kier alpha value is -1.10. The molecule has 1 N–H and O–H groups in total. The van der Waals surface area contributed by atoms with Crippen LogP contribution in [0.5, 0.6) is 6.01 Å². The smallest absolute Gasteiger partial charge is 0.322 e. The first kappa shape index (κ1) is 13.3. The number of nitrogens with zero attached hydrogens (tertiary/aromatic N) is 3. The first-order valence-corrected chi connectivity index (χ1v) is 6.61. The average Bonchev–Trinajstić information content (AvgIpc) is 2.96. The lowest BCUT2D eigenvalue weighted by molar-refractivity contribution is 0.221. The van der Waals surface area contributed by atoms with E-state index in [-0.39, 0.29) is 22.9 Å². The molecule has 0 radical (unpaired) electrons. The second-order valence-corrected chi connectivity index (χ2v) is 5.84. The molecule has 2 rings (SSSR count). The number of aromatic nitrogens is 3. The van der Waals surface area contributed by atoms with Gasteiger partial charge in [0.15, 0.2) is 0 Å². The molecule has 0 saturated heterocycles. The van der Waals surface area contributed by atoms with E-state index in [4.69, 9.17) is 16.3 Å². The highest BCUT2D eigenvalue weighted by Gasteiger charge is 2.38. The van der Waals surface area contributed by atoms with E-state index in [0.29, 0.717) is 11.9 Å². The minimum absolute atomic E-state index is 0.00718. The normalized spacial score (nSPS) is 15.9. The molecule has 1 aromatic heterocycles. The van der Waals surface area contributed by atoms with Crippen molar-refractivity contribution in [3.63, 3.8) is 0 Å². The topological polar surface area (TPSA) is 59.9 Å². The highest BCUT2D eigenvalue weighted by atomic mass is 35.5. The van der Waals surface area contributed by atoms with Crippen molar-refractivity contribution >= 4 is 17.5 Å². The van der Waals surface area contributed by atoms with E-state index in [1.54, 1.807) is 0 Å². The third kappa shape index (κ3) is 3.45. The lowest BCUT2D eigenvalue weighted by Gasteiger charge is -2.26. The van der Waals surface area contributed by atoms with Gasteiger partial charge in [0.2, 0.25) is 11.2 Å². The van der Waals surface area contributed by atoms with E-state index in [0.717, 1.165) is 0 Å². The van der Waals surface area contributed by atoms with Crippen LogP contribution in [0.4, 0.5) is 5.95 Å². The fourth-order valence-corrected chi connectivity index (χ4v) is 2.00. The molecule has 5 nitrogen and oxygen atoms in total. The van der Waals surface area contributed by atoms with E-state index in [9.17, 15) is 0 Å². The van der Waals surface area contributed by atoms with E-state index in [1.807, 2.05) is 13.8 Å². The second kappa shape index (κ2) is 4.88. The van der Waals surface area contributed by atoms with Gasteiger partial charge in [0.25, 0.3) is 0 Å². The summed E-state index contributed by atoms with van der Waals surface area (Å²) in [6, 6.07) is 0.263. The molecule has 18 heavy (non-hydrogen) atoms. The summed E-state index contributed by atoms with van der Waals surface area (Å²) in [5, 5.41) is 3.46. The molecule has 1 fully saturated rings. The van der Waals surface area contributed by atoms with Crippen LogP contribution in [0.1, 0.15) is 40.5 Å². The van der Waals surface area contributed by atoms with Crippen LogP contribution in [-0.4, -0.2) is 26.6 Å². The Labute approximate surface area is 112 Å². The largest absolute Gasteiger partial charge is 0.461 e. The predicted molar refractivity (Wildman–Crippen MR) is 71.0 cm³/mol. The number of hydrogen-bond donors (Lipinski definition) is 1. The number of halogens is 1. The van der Waals surface area contributed by atoms with E-state index < -0.39 is 0 Å². The molecule has 0 aromatic carbocycles. The van der Waals surface area contributed by atoms with Crippen LogP contribution >= 0.6 is 11.6 Å². The number of anilines is 1. The van der Waals surface area contributed by atoms with Crippen molar-refractivity contribution in [1.29, 1.82) is 0 Å². The van der Waals surface area contributed by atoms with Crippen LogP contribution in [-0.2, 0) is 0 Å². The van der Waals surface area contributed by atoms with Crippen molar-refractivity contribution in [2.24, 2.45) is 5.92 Å². The molecule has 1 saturated carbocycles. The standard InChI is InChI=1S/C12H19ClN4O/c1-7(2)18-11-15-9(13)14-10(16-11)17-12(3,4)8-5-6-8/h7-8H,5-6H2,1-4H3,(H,14,15,16,17). The summed E-state index contributed by atoms with van der Waals surface area (Å²) in [7, 11) is 0. The summed E-state index contributed by atoms with van der Waals surface area (Å²) >= 11 is 5.88. The lowest BCUT2D eigenvalue weighted by atomic mass is 9.99. The Kier molecular flexibility index (Phi) is 3.61. The molecule has 0 amide bonds. The molecule has 1 aliphatic carbocycles. The van der Waals surface area contributed by atoms with Gasteiger partial charge in [0, 0.05) is 5.54 Å². The molecule has 0 spiro atoms. The Balaban J connectivity index is 2.14. The Morgan fingerprint density at radius 1 is 1.28 bits per heavy atom. The third-order valence-corrected chi connectivity index (χ3v) is 3.13. The van der Waals surface area contributed by atoms with Gasteiger partial charge < -0.3 is 10.1 Å². The van der Waals surface area contributed by atoms with Crippen molar-refractivity contribution in [1.82, 2.24) is 15.0 Å². The SMILES string of the molecule is CC(C)Oc1nc(Cl)nc(NC(C)(C)C2CC2)n1. The highest BCUT2D eigenvalue weighted by Crippen LogP contribution is 2.40. The summed E-state index contributed by atoms with van der Waals surface area (Å²) in [5.74, 6) is 1.14. The Morgan fingerprint density at radius 2 is 1.94 bits per heavy atom. The fourth-order valence-electron chi connectivity index (χ4n) is 1.85. The molecule has 0 atom stereocenters. The maximum atomic E-state index is 5.88. The number of ether oxygens (including phenoxy) is 1. The average molecular weight is 271 g/mol. The van der Waals surface area contributed by atoms with E-state index in [1.165, 1.54) is 12.8 Å². The van der Waals surface area contributed by atoms with Gasteiger partial charge in [-0.1, -0.05) is 0 Å². The zero-order valence-corrected chi connectivity index (χ0v) is 12.0. The Morgan fingerprint density at radius 3 is 2.50 bits per heavy atom. The summed E-state index contributed by atoms with van der Waals surface area (Å²) in [6.45, 7) is 8.12. The first-order chi connectivity index (χ1) is 8.37. The molecule has 1 aliphatic rings. The molecule has 0 bridgehead atoms. The Bertz CT molecular complexity index is 432. The van der Waals surface area contributed by atoms with Crippen LogP contribution in [0.3, 0.4) is 0 Å². The molecular weight excluding hydrogens is 252 g/mol. The molecular formula is C12H19ClN4O. The number of hydrogen-bond acceptors (Lipinski definition) is 5. The maximum absolute atomic E-state index is 5.88. The summed E-state index contributed by atoms with van der Waals surface area (Å²) in [5.41, 5.74) is -0.0280. The lowest BCUT2D eigenvalue weighted by Crippen LogP contribution is -2.34. The third-order valence-electron chi connectivity index (χ3n) is 2.96. The van der Waals surface area contributed by atoms with Crippen LogP contribution in [0, 0.1) is 5.92 Å². The van der Waals surface area contributed by atoms with Crippen LogP contribution in [0.25, 0.3) is 0 Å². The predicted octanol–water partition coefficient (Wildman–Crippen LogP) is 2.91. The zero-order chi connectivity index (χ0) is 13.3. The molecule has 6 heteroatoms. The molecule has 1 aromatic rings. The van der Waals surface area contributed by atoms with Gasteiger partial charge in [0.1, 0.15) is 0 Å². The van der Waals surface area contributed by atoms with E-state index in [2.05, 4.69) is 34.1 Å². The minimum atomic E-state index is -0.0280. The van der Waals surface area contributed by atoms with Crippen molar-refractivity contribution in [3.8, 4) is 6.01 Å². The van der Waals surface area contributed by atoms with Gasteiger partial charge in [0.05, 0.1) is 6.10 Å². The number of nitrogens with one attached hydrogen (secondary N) is 1. The minimum Gasteiger partial charge on any atom is -0.461 e. The van der Waals surface area contributed by atoms with Crippen LogP contribution < -0.4 is 10.1 Å². The fraction of sp³-hybridized carbons (Fsp3) is 0.750. The van der Waals surface area contributed by atoms with Gasteiger partial charge in [-0.2, -0.15) is 15.0 Å². The van der Waals surface area contributed by atoms with Crippen molar-refractivity contribution < 1.29 is 4.74 Å². The monoisotopic (exact) mass is 270 g/mol. The van der Waals surface area contributed by atoms with Gasteiger partial charge in [-0.15, -0.1) is 0 Å². The maximum Gasteiger partial charge on any atom is 0.322 e. The quantitative estimate of drug-likeness (QED) is 0.891. The molecule has 1 heterocycles. The molecule has 100 valence electrons. The van der Waals surface area contributed by atoms with Crippen LogP contribution in [0.2, 0.25) is 5.28 Å². The first-order valence-electron chi connectivity index (χ1n) is 6.23. The van der Waals surface area contributed by atoms with Crippen molar-refractivity contribution in [2.75, 3.05) is 5.32 Å². The van der Waals surface area contributed by atoms with Gasteiger partial charge in [-0.05, 0) is 58.1 Å². The molecule has 0 aliphatic heterocycles. The second-order valence-electron chi connectivity index (χ2n) is 5.50. The zero-order valence-electron chi connectivity index (χ0n) is 11.2. The van der Waals surface area contributed by atoms with Crippen LogP contribution in [0.15, 0.2) is 0 Å². The highest BCUT2D eigenvalue weighted by molar-refractivity contribution is 6.28. The van der Waals surface area contributed by atoms with E-state index >= 15 is 0 Å². The number of rotatable bonds is 5. The van der Waals surface area contributed by atoms with Crippen molar-refractivity contribution in [3.05, 3.63) is 5.28 Å². The van der Waals surface area contributed by atoms with Gasteiger partial charge in [-0.3, -0.25) is 0 Å².